The van der Waals surface area contributed by atoms with Crippen molar-refractivity contribution < 1.29 is 9.90 Å². The van der Waals surface area contributed by atoms with E-state index in [1.54, 1.807) is 6.08 Å². The Hall–Kier alpha value is -1.41. The molecule has 0 unspecified atom stereocenters. The Morgan fingerprint density at radius 2 is 1.95 bits per heavy atom. The summed E-state index contributed by atoms with van der Waals surface area (Å²) in [5, 5.41) is 11.2. The highest BCUT2D eigenvalue weighted by Gasteiger charge is 2.58. The van der Waals surface area contributed by atoms with Crippen LogP contribution in [-0.4, -0.2) is 17.0 Å². The average molecular weight is 284 g/mol. The van der Waals surface area contributed by atoms with Crippen LogP contribution < -0.4 is 0 Å². The number of carbonyl (C=O) groups excluding carboxylic acids is 1. The molecule has 112 valence electrons. The number of rotatable bonds is 3. The number of carbonyl (C=O) groups is 1. The molecule has 0 bridgehead atoms. The first-order valence-electron chi connectivity index (χ1n) is 7.98. The van der Waals surface area contributed by atoms with Crippen molar-refractivity contribution in [2.24, 2.45) is 11.3 Å². The molecule has 0 spiro atoms. The van der Waals surface area contributed by atoms with Crippen molar-refractivity contribution >= 4 is 6.29 Å². The van der Waals surface area contributed by atoms with E-state index in [2.05, 4.69) is 31.2 Å². The van der Waals surface area contributed by atoms with Crippen LogP contribution in [0.15, 0.2) is 42.5 Å². The second kappa shape index (κ2) is 5.42. The van der Waals surface area contributed by atoms with Crippen molar-refractivity contribution in [1.29, 1.82) is 0 Å². The van der Waals surface area contributed by atoms with Gasteiger partial charge in [0.05, 0.1) is 5.60 Å². The van der Waals surface area contributed by atoms with E-state index in [9.17, 15) is 9.90 Å². The van der Waals surface area contributed by atoms with E-state index in [0.717, 1.165) is 38.4 Å². The lowest BCUT2D eigenvalue weighted by molar-refractivity contribution is -0.104. The minimum atomic E-state index is -0.594. The highest BCUT2D eigenvalue weighted by atomic mass is 16.3. The number of benzene rings is 1. The van der Waals surface area contributed by atoms with Crippen molar-refractivity contribution in [2.75, 3.05) is 0 Å². The van der Waals surface area contributed by atoms with Crippen molar-refractivity contribution in [1.82, 2.24) is 0 Å². The van der Waals surface area contributed by atoms with Crippen LogP contribution in [0.3, 0.4) is 0 Å². The number of hydrogen-bond donors (Lipinski definition) is 1. The fraction of sp³-hybridized carbons (Fsp3) is 0.526. The molecule has 2 aliphatic rings. The van der Waals surface area contributed by atoms with Crippen LogP contribution in [-0.2, 0) is 4.79 Å². The molecule has 2 fully saturated rings. The van der Waals surface area contributed by atoms with Crippen LogP contribution in [0.2, 0.25) is 0 Å². The summed E-state index contributed by atoms with van der Waals surface area (Å²) in [6.07, 6.45) is 9.28. The molecule has 2 heteroatoms. The van der Waals surface area contributed by atoms with Gasteiger partial charge in [0.15, 0.2) is 0 Å². The van der Waals surface area contributed by atoms with Gasteiger partial charge in [0.1, 0.15) is 6.29 Å². The Balaban J connectivity index is 1.83. The maximum absolute atomic E-state index is 11.2. The Morgan fingerprint density at radius 1 is 1.19 bits per heavy atom. The normalized spacial score (nSPS) is 39.3. The second-order valence-electron chi connectivity index (χ2n) is 6.97. The molecule has 21 heavy (non-hydrogen) atoms. The Kier molecular flexibility index (Phi) is 3.75. The van der Waals surface area contributed by atoms with Crippen molar-refractivity contribution in [2.45, 2.75) is 50.5 Å². The zero-order valence-electron chi connectivity index (χ0n) is 12.7. The topological polar surface area (TPSA) is 37.3 Å². The van der Waals surface area contributed by atoms with Crippen molar-refractivity contribution in [3.63, 3.8) is 0 Å². The number of fused-ring (bicyclic) bond motifs is 1. The smallest absolute Gasteiger partial charge is 0.142 e. The van der Waals surface area contributed by atoms with Gasteiger partial charge in [-0.3, -0.25) is 4.79 Å². The van der Waals surface area contributed by atoms with Gasteiger partial charge in [-0.25, -0.2) is 0 Å². The molecule has 0 amide bonds. The quantitative estimate of drug-likeness (QED) is 0.676. The molecule has 2 saturated carbocycles. The van der Waals surface area contributed by atoms with E-state index in [4.69, 9.17) is 0 Å². The molecule has 3 rings (SSSR count). The molecular formula is C19H24O2. The predicted molar refractivity (Wildman–Crippen MR) is 84.0 cm³/mol. The van der Waals surface area contributed by atoms with Gasteiger partial charge in [0.25, 0.3) is 0 Å². The summed E-state index contributed by atoms with van der Waals surface area (Å²) in [5.74, 6) is 0.780. The monoisotopic (exact) mass is 284 g/mol. The van der Waals surface area contributed by atoms with E-state index in [0.29, 0.717) is 11.8 Å². The van der Waals surface area contributed by atoms with Crippen LogP contribution in [0, 0.1) is 11.3 Å². The molecule has 2 nitrogen and oxygen atoms in total. The molecule has 1 aromatic rings. The number of aldehydes is 1. The largest absolute Gasteiger partial charge is 0.389 e. The number of allylic oxidation sites excluding steroid dienone is 2. The van der Waals surface area contributed by atoms with Gasteiger partial charge in [-0.1, -0.05) is 43.3 Å². The SMILES string of the molecule is C[C@]12CC[C@H](c3ccccc3)C[C@@]1(O)CC[C@@H]2/C=C/C=O. The van der Waals surface area contributed by atoms with Crippen LogP contribution in [0.5, 0.6) is 0 Å². The lowest BCUT2D eigenvalue weighted by Crippen LogP contribution is -2.49. The summed E-state index contributed by atoms with van der Waals surface area (Å²) in [6.45, 7) is 2.21. The van der Waals surface area contributed by atoms with Crippen LogP contribution in [0.4, 0.5) is 0 Å². The zero-order valence-corrected chi connectivity index (χ0v) is 12.7. The minimum absolute atomic E-state index is 0.0855. The van der Waals surface area contributed by atoms with Gasteiger partial charge < -0.3 is 5.11 Å². The van der Waals surface area contributed by atoms with Gasteiger partial charge >= 0.3 is 0 Å². The summed E-state index contributed by atoms with van der Waals surface area (Å²) in [5.41, 5.74) is 0.668. The first-order chi connectivity index (χ1) is 10.1. The molecule has 1 N–H and O–H groups in total. The fourth-order valence-electron chi connectivity index (χ4n) is 4.58. The first kappa shape index (κ1) is 14.5. The van der Waals surface area contributed by atoms with Crippen molar-refractivity contribution in [3.05, 3.63) is 48.0 Å². The summed E-state index contributed by atoms with van der Waals surface area (Å²) in [4.78, 5) is 10.6. The van der Waals surface area contributed by atoms with E-state index in [1.165, 1.54) is 5.56 Å². The zero-order chi connectivity index (χ0) is 14.9. The lowest BCUT2D eigenvalue weighted by atomic mass is 9.59. The molecule has 0 saturated heterocycles. The van der Waals surface area contributed by atoms with Crippen LogP contribution in [0.25, 0.3) is 0 Å². The van der Waals surface area contributed by atoms with E-state index < -0.39 is 5.60 Å². The van der Waals surface area contributed by atoms with Crippen LogP contribution >= 0.6 is 0 Å². The van der Waals surface area contributed by atoms with Gasteiger partial charge in [0, 0.05) is 5.41 Å². The molecule has 0 aromatic heterocycles. The molecular weight excluding hydrogens is 260 g/mol. The fourth-order valence-corrected chi connectivity index (χ4v) is 4.58. The third-order valence-electron chi connectivity index (χ3n) is 6.04. The summed E-state index contributed by atoms with van der Waals surface area (Å²) in [7, 11) is 0. The first-order valence-corrected chi connectivity index (χ1v) is 7.98. The summed E-state index contributed by atoms with van der Waals surface area (Å²) in [6, 6.07) is 10.6. The van der Waals surface area contributed by atoms with E-state index in [1.807, 2.05) is 12.1 Å². The molecule has 0 heterocycles. The highest BCUT2D eigenvalue weighted by Crippen LogP contribution is 2.60. The predicted octanol–water partition coefficient (Wildman–Crippen LogP) is 3.86. The third kappa shape index (κ3) is 2.36. The molecule has 4 atom stereocenters. The Bertz CT molecular complexity index is 536. The Labute approximate surface area is 126 Å². The van der Waals surface area contributed by atoms with Gasteiger partial charge in [-0.15, -0.1) is 0 Å². The lowest BCUT2D eigenvalue weighted by Gasteiger charge is -2.49. The summed E-state index contributed by atoms with van der Waals surface area (Å²) >= 11 is 0. The maximum atomic E-state index is 11.2. The van der Waals surface area contributed by atoms with Gasteiger partial charge in [-0.05, 0) is 55.6 Å². The average Bonchev–Trinajstić information content (AvgIpc) is 2.77. The highest BCUT2D eigenvalue weighted by molar-refractivity contribution is 5.64. The summed E-state index contributed by atoms with van der Waals surface area (Å²) < 4.78 is 0. The number of hydrogen-bond acceptors (Lipinski definition) is 2. The number of aliphatic hydroxyl groups is 1. The van der Waals surface area contributed by atoms with Gasteiger partial charge in [0.2, 0.25) is 0 Å². The third-order valence-corrected chi connectivity index (χ3v) is 6.04. The van der Waals surface area contributed by atoms with Gasteiger partial charge in [-0.2, -0.15) is 0 Å². The second-order valence-corrected chi connectivity index (χ2v) is 6.97. The molecule has 0 radical (unpaired) electrons. The molecule has 1 aromatic carbocycles. The Morgan fingerprint density at radius 3 is 2.67 bits per heavy atom. The van der Waals surface area contributed by atoms with Crippen molar-refractivity contribution in [3.8, 4) is 0 Å². The molecule has 2 aliphatic carbocycles. The standard InChI is InChI=1S/C19H24O2/c1-18-11-9-16(15-6-3-2-4-7-15)14-19(18,21)12-10-17(18)8-5-13-20/h2-8,13,16-17,21H,9-12,14H2,1H3/b8-5+/t16-,17-,18+,19-/m0/s1. The maximum Gasteiger partial charge on any atom is 0.142 e. The molecule has 0 aliphatic heterocycles. The minimum Gasteiger partial charge on any atom is -0.389 e. The van der Waals surface area contributed by atoms with E-state index in [-0.39, 0.29) is 5.41 Å². The van der Waals surface area contributed by atoms with E-state index >= 15 is 0 Å². The van der Waals surface area contributed by atoms with Crippen LogP contribution in [0.1, 0.15) is 50.5 Å².